The van der Waals surface area contributed by atoms with Gasteiger partial charge in [-0.2, -0.15) is 0 Å². The van der Waals surface area contributed by atoms with Gasteiger partial charge < -0.3 is 9.84 Å². The van der Waals surface area contributed by atoms with Crippen molar-refractivity contribution in [2.24, 2.45) is 11.3 Å². The summed E-state index contributed by atoms with van der Waals surface area (Å²) in [6.07, 6.45) is 5.18. The molecule has 2 atom stereocenters. The Hall–Kier alpha value is -1.55. The van der Waals surface area contributed by atoms with Crippen LogP contribution in [0.3, 0.4) is 0 Å². The minimum absolute atomic E-state index is 0.330. The minimum Gasteiger partial charge on any atom is -0.494 e. The standard InChI is InChI=1S/C19H27NO3/c1-2-3-11-23-17-8-6-15(7-9-17)12-20-13-16-5-4-10-19(16,14-20)18(21)22/h6-9,16H,2-5,10-14H2,1H3,(H,21,22)/t16-,19+/m0/s1. The second-order valence-electron chi connectivity index (χ2n) is 7.07. The molecular weight excluding hydrogens is 290 g/mol. The zero-order valence-electron chi connectivity index (χ0n) is 14.0. The first-order valence-electron chi connectivity index (χ1n) is 8.81. The summed E-state index contributed by atoms with van der Waals surface area (Å²) in [5.41, 5.74) is 0.747. The van der Waals surface area contributed by atoms with Crippen LogP contribution in [0.5, 0.6) is 5.75 Å². The van der Waals surface area contributed by atoms with E-state index in [1.54, 1.807) is 0 Å². The lowest BCUT2D eigenvalue weighted by molar-refractivity contribution is -0.149. The van der Waals surface area contributed by atoms with Crippen molar-refractivity contribution in [3.05, 3.63) is 29.8 Å². The molecule has 4 nitrogen and oxygen atoms in total. The van der Waals surface area contributed by atoms with Crippen LogP contribution >= 0.6 is 0 Å². The van der Waals surface area contributed by atoms with Crippen LogP contribution in [0.15, 0.2) is 24.3 Å². The van der Waals surface area contributed by atoms with Gasteiger partial charge in [-0.25, -0.2) is 0 Å². The highest BCUT2D eigenvalue weighted by Gasteiger charge is 2.54. The van der Waals surface area contributed by atoms with Gasteiger partial charge in [-0.15, -0.1) is 0 Å². The number of hydrogen-bond donors (Lipinski definition) is 1. The fourth-order valence-corrected chi connectivity index (χ4v) is 4.15. The van der Waals surface area contributed by atoms with Gasteiger partial charge in [0.05, 0.1) is 12.0 Å². The van der Waals surface area contributed by atoms with Crippen molar-refractivity contribution in [3.8, 4) is 5.75 Å². The topological polar surface area (TPSA) is 49.8 Å². The Morgan fingerprint density at radius 2 is 2.17 bits per heavy atom. The number of rotatable bonds is 7. The van der Waals surface area contributed by atoms with Crippen molar-refractivity contribution < 1.29 is 14.6 Å². The maximum Gasteiger partial charge on any atom is 0.311 e. The van der Waals surface area contributed by atoms with Gasteiger partial charge in [0.15, 0.2) is 0 Å². The molecule has 1 aliphatic carbocycles. The lowest BCUT2D eigenvalue weighted by atomic mass is 9.81. The molecule has 1 aliphatic heterocycles. The Morgan fingerprint density at radius 1 is 1.39 bits per heavy atom. The molecule has 4 heteroatoms. The van der Waals surface area contributed by atoms with E-state index < -0.39 is 11.4 Å². The molecule has 3 rings (SSSR count). The number of unbranched alkanes of at least 4 members (excludes halogenated alkanes) is 1. The predicted molar refractivity (Wildman–Crippen MR) is 89.5 cm³/mol. The van der Waals surface area contributed by atoms with Gasteiger partial charge in [0.2, 0.25) is 0 Å². The fraction of sp³-hybridized carbons (Fsp3) is 0.632. The zero-order valence-corrected chi connectivity index (χ0v) is 14.0. The second-order valence-corrected chi connectivity index (χ2v) is 7.07. The third-order valence-electron chi connectivity index (χ3n) is 5.46. The molecule has 0 radical (unpaired) electrons. The Kier molecular flexibility index (Phi) is 4.90. The van der Waals surface area contributed by atoms with E-state index in [0.29, 0.717) is 12.5 Å². The number of ether oxygens (including phenoxy) is 1. The van der Waals surface area contributed by atoms with Crippen molar-refractivity contribution in [2.75, 3.05) is 19.7 Å². The summed E-state index contributed by atoms with van der Waals surface area (Å²) in [5.74, 6) is 0.654. The molecule has 1 heterocycles. The highest BCUT2D eigenvalue weighted by atomic mass is 16.5. The first kappa shape index (κ1) is 16.3. The molecule has 23 heavy (non-hydrogen) atoms. The number of hydrogen-bond acceptors (Lipinski definition) is 3. The lowest BCUT2D eigenvalue weighted by Gasteiger charge is -2.23. The monoisotopic (exact) mass is 317 g/mol. The number of carbonyl (C=O) groups is 1. The van der Waals surface area contributed by atoms with E-state index in [-0.39, 0.29) is 0 Å². The number of fused-ring (bicyclic) bond motifs is 1. The van der Waals surface area contributed by atoms with E-state index in [0.717, 1.165) is 57.6 Å². The second kappa shape index (κ2) is 6.91. The molecule has 1 aromatic rings. The van der Waals surface area contributed by atoms with E-state index in [1.165, 1.54) is 5.56 Å². The molecule has 0 unspecified atom stereocenters. The number of nitrogens with zero attached hydrogens (tertiary/aromatic N) is 1. The maximum absolute atomic E-state index is 11.7. The molecular formula is C19H27NO3. The van der Waals surface area contributed by atoms with Crippen molar-refractivity contribution in [3.63, 3.8) is 0 Å². The SMILES string of the molecule is CCCCOc1ccc(CN2C[C@@H]3CCC[C@@]3(C(=O)O)C2)cc1. The molecule has 2 aliphatic rings. The molecule has 0 amide bonds. The van der Waals surface area contributed by atoms with Gasteiger partial charge in [-0.1, -0.05) is 31.9 Å². The average Bonchev–Trinajstić information content (AvgIpc) is 3.07. The van der Waals surface area contributed by atoms with E-state index in [2.05, 4.69) is 24.0 Å². The van der Waals surface area contributed by atoms with E-state index >= 15 is 0 Å². The van der Waals surface area contributed by atoms with Crippen LogP contribution in [0, 0.1) is 11.3 Å². The molecule has 0 spiro atoms. The van der Waals surface area contributed by atoms with Crippen LogP contribution in [0.4, 0.5) is 0 Å². The first-order valence-corrected chi connectivity index (χ1v) is 8.81. The quantitative estimate of drug-likeness (QED) is 0.781. The summed E-state index contributed by atoms with van der Waals surface area (Å²) in [6, 6.07) is 8.25. The zero-order chi connectivity index (χ0) is 16.3. The van der Waals surface area contributed by atoms with Crippen molar-refractivity contribution in [1.29, 1.82) is 0 Å². The van der Waals surface area contributed by atoms with Crippen LogP contribution < -0.4 is 4.74 Å². The smallest absolute Gasteiger partial charge is 0.311 e. The fourth-order valence-electron chi connectivity index (χ4n) is 4.15. The average molecular weight is 317 g/mol. The molecule has 0 aromatic heterocycles. The van der Waals surface area contributed by atoms with Gasteiger partial charge in [0.25, 0.3) is 0 Å². The van der Waals surface area contributed by atoms with Crippen molar-refractivity contribution in [1.82, 2.24) is 4.90 Å². The van der Waals surface area contributed by atoms with E-state index in [4.69, 9.17) is 4.74 Å². The Bertz CT molecular complexity index is 542. The number of carboxylic acids is 1. The highest BCUT2D eigenvalue weighted by Crippen LogP contribution is 2.49. The van der Waals surface area contributed by atoms with E-state index in [9.17, 15) is 9.90 Å². The minimum atomic E-state index is -0.595. The summed E-state index contributed by atoms with van der Waals surface area (Å²) < 4.78 is 5.69. The van der Waals surface area contributed by atoms with E-state index in [1.807, 2.05) is 12.1 Å². The molecule has 1 aromatic carbocycles. The predicted octanol–water partition coefficient (Wildman–Crippen LogP) is 3.55. The van der Waals surface area contributed by atoms with Gasteiger partial charge in [0.1, 0.15) is 5.75 Å². The molecule has 126 valence electrons. The summed E-state index contributed by atoms with van der Waals surface area (Å²) >= 11 is 0. The summed E-state index contributed by atoms with van der Waals surface area (Å²) in [5, 5.41) is 9.65. The highest BCUT2D eigenvalue weighted by molar-refractivity contribution is 5.76. The number of benzene rings is 1. The Morgan fingerprint density at radius 3 is 2.83 bits per heavy atom. The molecule has 1 saturated heterocycles. The van der Waals surface area contributed by atoms with Crippen molar-refractivity contribution in [2.45, 2.75) is 45.6 Å². The molecule has 2 fully saturated rings. The third kappa shape index (κ3) is 3.37. The van der Waals surface area contributed by atoms with Gasteiger partial charge in [-0.05, 0) is 42.9 Å². The third-order valence-corrected chi connectivity index (χ3v) is 5.46. The Balaban J connectivity index is 1.57. The van der Waals surface area contributed by atoms with Gasteiger partial charge in [0, 0.05) is 19.6 Å². The molecule has 0 bridgehead atoms. The normalized spacial score (nSPS) is 27.1. The van der Waals surface area contributed by atoms with Gasteiger partial charge in [-0.3, -0.25) is 9.69 Å². The number of carboxylic acid groups (broad SMARTS) is 1. The first-order chi connectivity index (χ1) is 11.1. The van der Waals surface area contributed by atoms with Crippen LogP contribution in [-0.2, 0) is 11.3 Å². The van der Waals surface area contributed by atoms with Crippen LogP contribution in [0.1, 0.15) is 44.6 Å². The van der Waals surface area contributed by atoms with Crippen LogP contribution in [0.25, 0.3) is 0 Å². The lowest BCUT2D eigenvalue weighted by Crippen LogP contribution is -2.35. The summed E-state index contributed by atoms with van der Waals surface area (Å²) in [7, 11) is 0. The summed E-state index contributed by atoms with van der Waals surface area (Å²) in [4.78, 5) is 14.0. The van der Waals surface area contributed by atoms with Crippen LogP contribution in [-0.4, -0.2) is 35.7 Å². The number of likely N-dealkylation sites (tertiary alicyclic amines) is 1. The largest absolute Gasteiger partial charge is 0.494 e. The van der Waals surface area contributed by atoms with Crippen molar-refractivity contribution >= 4 is 5.97 Å². The Labute approximate surface area is 138 Å². The summed E-state index contributed by atoms with van der Waals surface area (Å²) in [6.45, 7) is 5.37. The molecule has 1 N–H and O–H groups in total. The maximum atomic E-state index is 11.7. The van der Waals surface area contributed by atoms with Gasteiger partial charge >= 0.3 is 5.97 Å². The number of aliphatic carboxylic acids is 1. The molecule has 1 saturated carbocycles. The van der Waals surface area contributed by atoms with Crippen LogP contribution in [0.2, 0.25) is 0 Å².